The second kappa shape index (κ2) is 5.42. The number of nitrogens with two attached hydrogens (primary N) is 1. The highest BCUT2D eigenvalue weighted by Gasteiger charge is 2.18. The third-order valence-corrected chi connectivity index (χ3v) is 4.81. The normalized spacial score (nSPS) is 18.5. The number of hydrogen-bond donors (Lipinski definition) is 1. The zero-order valence-corrected chi connectivity index (χ0v) is 12.0. The number of aryl methyl sites for hydroxylation is 1. The lowest BCUT2D eigenvalue weighted by molar-refractivity contribution is 0.185. The minimum atomic E-state index is 0.471. The summed E-state index contributed by atoms with van der Waals surface area (Å²) < 4.78 is 0. The van der Waals surface area contributed by atoms with Crippen molar-refractivity contribution < 1.29 is 0 Å². The Hall–Kier alpha value is -0.520. The maximum atomic E-state index is 5.67. The second-order valence-corrected chi connectivity index (χ2v) is 6.37. The van der Waals surface area contributed by atoms with E-state index in [1.165, 1.54) is 25.9 Å². The van der Waals surface area contributed by atoms with Crippen molar-refractivity contribution in [2.24, 2.45) is 11.7 Å². The molecule has 3 nitrogen and oxygen atoms in total. The van der Waals surface area contributed by atoms with Crippen LogP contribution in [0.1, 0.15) is 35.3 Å². The van der Waals surface area contributed by atoms with Crippen LogP contribution in [0.3, 0.4) is 0 Å². The van der Waals surface area contributed by atoms with E-state index in [4.69, 9.17) is 18.0 Å². The van der Waals surface area contributed by atoms with E-state index in [2.05, 4.69) is 16.8 Å². The molecule has 17 heavy (non-hydrogen) atoms. The largest absolute Gasteiger partial charge is 0.389 e. The number of hydrogen-bond acceptors (Lipinski definition) is 4. The predicted octanol–water partition coefficient (Wildman–Crippen LogP) is 2.32. The second-order valence-electron chi connectivity index (χ2n) is 4.85. The van der Waals surface area contributed by atoms with Crippen LogP contribution >= 0.6 is 23.6 Å². The summed E-state index contributed by atoms with van der Waals surface area (Å²) in [6.45, 7) is 7.62. The van der Waals surface area contributed by atoms with E-state index in [-0.39, 0.29) is 0 Å². The highest BCUT2D eigenvalue weighted by molar-refractivity contribution is 7.81. The van der Waals surface area contributed by atoms with Crippen LogP contribution in [0.25, 0.3) is 0 Å². The lowest BCUT2D eigenvalue weighted by Crippen LogP contribution is -2.32. The Morgan fingerprint density at radius 3 is 2.71 bits per heavy atom. The van der Waals surface area contributed by atoms with Gasteiger partial charge in [0.1, 0.15) is 10.00 Å². The van der Waals surface area contributed by atoms with Gasteiger partial charge in [0.2, 0.25) is 0 Å². The Labute approximate surface area is 112 Å². The van der Waals surface area contributed by atoms with Gasteiger partial charge in [-0.1, -0.05) is 19.1 Å². The molecule has 2 N–H and O–H groups in total. The van der Waals surface area contributed by atoms with Gasteiger partial charge in [0.15, 0.2) is 0 Å². The van der Waals surface area contributed by atoms with E-state index in [0.29, 0.717) is 4.99 Å². The standard InChI is InChI=1S/C12H19N3S2/c1-8-3-5-15(6-4-8)7-10-14-9(2)11(17-10)12(13)16/h8H,3-7H2,1-2H3,(H2,13,16). The van der Waals surface area contributed by atoms with Crippen LogP contribution in [0.15, 0.2) is 0 Å². The maximum absolute atomic E-state index is 5.67. The molecular formula is C12H19N3S2. The van der Waals surface area contributed by atoms with Crippen molar-refractivity contribution >= 4 is 28.5 Å². The molecule has 0 spiro atoms. The Kier molecular flexibility index (Phi) is 4.12. The molecule has 0 aromatic carbocycles. The van der Waals surface area contributed by atoms with Crippen molar-refractivity contribution in [1.29, 1.82) is 0 Å². The van der Waals surface area contributed by atoms with Crippen LogP contribution in [-0.4, -0.2) is 28.0 Å². The van der Waals surface area contributed by atoms with Gasteiger partial charge in [0, 0.05) is 0 Å². The van der Waals surface area contributed by atoms with Crippen molar-refractivity contribution in [2.75, 3.05) is 13.1 Å². The molecule has 0 unspecified atom stereocenters. The van der Waals surface area contributed by atoms with Gasteiger partial charge in [0.25, 0.3) is 0 Å². The average Bonchev–Trinajstić information content (AvgIpc) is 2.63. The fourth-order valence-electron chi connectivity index (χ4n) is 2.16. The first-order valence-corrected chi connectivity index (χ1v) is 7.27. The van der Waals surface area contributed by atoms with Crippen molar-refractivity contribution in [1.82, 2.24) is 9.88 Å². The van der Waals surface area contributed by atoms with Crippen LogP contribution in [0.4, 0.5) is 0 Å². The quantitative estimate of drug-likeness (QED) is 0.855. The zero-order chi connectivity index (χ0) is 12.4. The van der Waals surface area contributed by atoms with E-state index in [9.17, 15) is 0 Å². The predicted molar refractivity (Wildman–Crippen MR) is 76.4 cm³/mol. The summed E-state index contributed by atoms with van der Waals surface area (Å²) in [4.78, 5) is 8.47. The molecule has 0 aliphatic carbocycles. The van der Waals surface area contributed by atoms with E-state index in [1.54, 1.807) is 11.3 Å². The number of thiazole rings is 1. The Morgan fingerprint density at radius 1 is 1.53 bits per heavy atom. The molecule has 2 rings (SSSR count). The number of likely N-dealkylation sites (tertiary alicyclic amines) is 1. The highest BCUT2D eigenvalue weighted by Crippen LogP contribution is 2.22. The molecule has 0 bridgehead atoms. The fraction of sp³-hybridized carbons (Fsp3) is 0.667. The van der Waals surface area contributed by atoms with E-state index >= 15 is 0 Å². The zero-order valence-electron chi connectivity index (χ0n) is 10.4. The number of rotatable bonds is 3. The van der Waals surface area contributed by atoms with Crippen LogP contribution in [0.5, 0.6) is 0 Å². The smallest absolute Gasteiger partial charge is 0.116 e. The molecule has 0 saturated carbocycles. The SMILES string of the molecule is Cc1nc(CN2CCC(C)CC2)sc1C(N)=S. The summed E-state index contributed by atoms with van der Waals surface area (Å²) in [7, 11) is 0. The molecular weight excluding hydrogens is 250 g/mol. The maximum Gasteiger partial charge on any atom is 0.116 e. The van der Waals surface area contributed by atoms with Gasteiger partial charge in [-0.2, -0.15) is 0 Å². The molecule has 1 fully saturated rings. The molecule has 5 heteroatoms. The van der Waals surface area contributed by atoms with Crippen molar-refractivity contribution in [3.05, 3.63) is 15.6 Å². The third-order valence-electron chi connectivity index (χ3n) is 3.30. The van der Waals surface area contributed by atoms with Crippen molar-refractivity contribution in [3.63, 3.8) is 0 Å². The van der Waals surface area contributed by atoms with Gasteiger partial charge in [-0.3, -0.25) is 4.90 Å². The monoisotopic (exact) mass is 269 g/mol. The number of nitrogens with zero attached hydrogens (tertiary/aromatic N) is 2. The Balaban J connectivity index is 1.99. The van der Waals surface area contributed by atoms with Gasteiger partial charge >= 0.3 is 0 Å². The summed E-state index contributed by atoms with van der Waals surface area (Å²) in [5.74, 6) is 0.872. The summed E-state index contributed by atoms with van der Waals surface area (Å²) in [5.41, 5.74) is 6.64. The van der Waals surface area contributed by atoms with Crippen LogP contribution in [0.2, 0.25) is 0 Å². The first-order chi connectivity index (χ1) is 8.06. The van der Waals surface area contributed by atoms with Gasteiger partial charge in [-0.25, -0.2) is 4.98 Å². The van der Waals surface area contributed by atoms with E-state index < -0.39 is 0 Å². The Morgan fingerprint density at radius 2 is 2.18 bits per heavy atom. The minimum absolute atomic E-state index is 0.471. The number of aromatic nitrogens is 1. The third kappa shape index (κ3) is 3.24. The first kappa shape index (κ1) is 12.9. The van der Waals surface area contributed by atoms with Gasteiger partial charge in [-0.05, 0) is 38.8 Å². The molecule has 1 aromatic rings. The first-order valence-electron chi connectivity index (χ1n) is 6.04. The Bertz CT molecular complexity index is 406. The molecule has 2 heterocycles. The summed E-state index contributed by atoms with van der Waals surface area (Å²) >= 11 is 6.66. The lowest BCUT2D eigenvalue weighted by atomic mass is 9.99. The number of piperidine rings is 1. The highest BCUT2D eigenvalue weighted by atomic mass is 32.1. The molecule has 1 aromatic heterocycles. The molecule has 1 aliphatic heterocycles. The summed E-state index contributed by atoms with van der Waals surface area (Å²) in [6, 6.07) is 0. The lowest BCUT2D eigenvalue weighted by Gasteiger charge is -2.29. The summed E-state index contributed by atoms with van der Waals surface area (Å²) in [6.07, 6.45) is 2.60. The number of thiocarbonyl (C=S) groups is 1. The molecule has 0 radical (unpaired) electrons. The van der Waals surface area contributed by atoms with Crippen LogP contribution in [-0.2, 0) is 6.54 Å². The van der Waals surface area contributed by atoms with Crippen LogP contribution in [0, 0.1) is 12.8 Å². The van der Waals surface area contributed by atoms with Gasteiger partial charge in [0.05, 0.1) is 17.1 Å². The fourth-order valence-corrected chi connectivity index (χ4v) is 3.39. The van der Waals surface area contributed by atoms with E-state index in [1.807, 2.05) is 6.92 Å². The topological polar surface area (TPSA) is 42.2 Å². The molecule has 94 valence electrons. The van der Waals surface area contributed by atoms with Gasteiger partial charge in [-0.15, -0.1) is 11.3 Å². The molecule has 0 amide bonds. The average molecular weight is 269 g/mol. The summed E-state index contributed by atoms with van der Waals surface area (Å²) in [5, 5.41) is 1.14. The minimum Gasteiger partial charge on any atom is -0.389 e. The molecule has 1 aliphatic rings. The molecule has 0 atom stereocenters. The van der Waals surface area contributed by atoms with Gasteiger partial charge < -0.3 is 5.73 Å². The van der Waals surface area contributed by atoms with Crippen molar-refractivity contribution in [3.8, 4) is 0 Å². The van der Waals surface area contributed by atoms with Crippen LogP contribution < -0.4 is 5.73 Å². The van der Waals surface area contributed by atoms with E-state index in [0.717, 1.165) is 28.0 Å². The molecule has 1 saturated heterocycles. The van der Waals surface area contributed by atoms with Crippen molar-refractivity contribution in [2.45, 2.75) is 33.2 Å².